The summed E-state index contributed by atoms with van der Waals surface area (Å²) in [4.78, 5) is 16.3. The largest absolute Gasteiger partial charge is 0.421 e. The highest BCUT2D eigenvalue weighted by Crippen LogP contribution is 2.18. The normalized spacial score (nSPS) is 10.8. The molecule has 0 aliphatic heterocycles. The number of para-hydroxylation sites is 1. The summed E-state index contributed by atoms with van der Waals surface area (Å²) in [5, 5.41) is 14.8. The van der Waals surface area contributed by atoms with Crippen LogP contribution in [-0.2, 0) is 24.1 Å². The molecule has 1 amide bonds. The molecule has 8 heteroatoms. The summed E-state index contributed by atoms with van der Waals surface area (Å²) in [6.07, 6.45) is 1.94. The van der Waals surface area contributed by atoms with Crippen molar-refractivity contribution in [3.05, 3.63) is 78.3 Å². The molecule has 1 N–H and O–H groups in total. The van der Waals surface area contributed by atoms with Crippen molar-refractivity contribution >= 4 is 11.6 Å². The van der Waals surface area contributed by atoms with E-state index in [4.69, 9.17) is 8.94 Å². The molecule has 2 aromatic heterocycles. The van der Waals surface area contributed by atoms with Crippen molar-refractivity contribution in [1.29, 1.82) is 0 Å². The molecule has 0 unspecified atom stereocenters. The molecule has 0 saturated heterocycles. The van der Waals surface area contributed by atoms with E-state index < -0.39 is 0 Å². The van der Waals surface area contributed by atoms with Crippen molar-refractivity contribution in [3.63, 3.8) is 0 Å². The Bertz CT molecular complexity index is 1060. The summed E-state index contributed by atoms with van der Waals surface area (Å²) in [6, 6.07) is 18.9. The van der Waals surface area contributed by atoms with E-state index in [1.54, 1.807) is 0 Å². The van der Waals surface area contributed by atoms with Crippen molar-refractivity contribution in [2.75, 3.05) is 5.32 Å². The molecular weight excluding hydrogens is 370 g/mol. The molecule has 0 aliphatic rings. The molecule has 146 valence electrons. The number of nitrogens with one attached hydrogen (secondary N) is 1. The van der Waals surface area contributed by atoms with Gasteiger partial charge in [0.25, 0.3) is 0 Å². The fourth-order valence-electron chi connectivity index (χ4n) is 2.78. The fourth-order valence-corrected chi connectivity index (χ4v) is 2.78. The SMILES string of the molecule is O=C(Cc1noc(CCCc2nnc(-c3ccccc3)o2)n1)Nc1ccccc1. The summed E-state index contributed by atoms with van der Waals surface area (Å²) in [5.74, 6) is 1.71. The van der Waals surface area contributed by atoms with Gasteiger partial charge in [0, 0.05) is 24.1 Å². The van der Waals surface area contributed by atoms with Crippen molar-refractivity contribution < 1.29 is 13.7 Å². The van der Waals surface area contributed by atoms with Gasteiger partial charge in [-0.05, 0) is 30.7 Å². The Morgan fingerprint density at radius 2 is 1.62 bits per heavy atom. The van der Waals surface area contributed by atoms with Crippen LogP contribution in [0.4, 0.5) is 5.69 Å². The molecule has 0 radical (unpaired) electrons. The average Bonchev–Trinajstić information content (AvgIpc) is 3.39. The van der Waals surface area contributed by atoms with E-state index in [0.29, 0.717) is 42.8 Å². The maximum atomic E-state index is 12.0. The monoisotopic (exact) mass is 389 g/mol. The molecule has 29 heavy (non-hydrogen) atoms. The minimum Gasteiger partial charge on any atom is -0.421 e. The first-order valence-electron chi connectivity index (χ1n) is 9.30. The third-order valence-electron chi connectivity index (χ3n) is 4.16. The van der Waals surface area contributed by atoms with Crippen LogP contribution in [0, 0.1) is 0 Å². The Morgan fingerprint density at radius 3 is 2.41 bits per heavy atom. The van der Waals surface area contributed by atoms with Crippen LogP contribution >= 0.6 is 0 Å². The van der Waals surface area contributed by atoms with E-state index >= 15 is 0 Å². The van der Waals surface area contributed by atoms with Crippen LogP contribution in [-0.4, -0.2) is 26.2 Å². The molecule has 4 aromatic rings. The number of aryl methyl sites for hydroxylation is 2. The molecule has 0 aliphatic carbocycles. The van der Waals surface area contributed by atoms with Crippen molar-refractivity contribution in [1.82, 2.24) is 20.3 Å². The Kier molecular flexibility index (Phi) is 5.70. The van der Waals surface area contributed by atoms with Gasteiger partial charge in [0.05, 0.1) is 6.42 Å². The van der Waals surface area contributed by atoms with Gasteiger partial charge < -0.3 is 14.3 Å². The van der Waals surface area contributed by atoms with E-state index in [9.17, 15) is 4.79 Å². The van der Waals surface area contributed by atoms with Crippen molar-refractivity contribution in [3.8, 4) is 11.5 Å². The highest BCUT2D eigenvalue weighted by molar-refractivity contribution is 5.91. The molecule has 0 fully saturated rings. The molecule has 0 bridgehead atoms. The molecule has 2 aromatic carbocycles. The second kappa shape index (κ2) is 8.92. The number of hydrogen-bond donors (Lipinski definition) is 1. The first-order valence-corrected chi connectivity index (χ1v) is 9.30. The zero-order chi connectivity index (χ0) is 19.9. The molecule has 2 heterocycles. The lowest BCUT2D eigenvalue weighted by atomic mass is 10.2. The third kappa shape index (κ3) is 5.13. The van der Waals surface area contributed by atoms with E-state index in [0.717, 1.165) is 11.3 Å². The van der Waals surface area contributed by atoms with Crippen LogP contribution in [0.2, 0.25) is 0 Å². The quantitative estimate of drug-likeness (QED) is 0.491. The zero-order valence-electron chi connectivity index (χ0n) is 15.6. The number of rotatable bonds is 8. The minimum absolute atomic E-state index is 0.0580. The third-order valence-corrected chi connectivity index (χ3v) is 4.16. The van der Waals surface area contributed by atoms with E-state index in [-0.39, 0.29) is 12.3 Å². The van der Waals surface area contributed by atoms with E-state index in [1.807, 2.05) is 60.7 Å². The van der Waals surface area contributed by atoms with Crippen LogP contribution in [0.1, 0.15) is 24.0 Å². The van der Waals surface area contributed by atoms with Gasteiger partial charge in [0.1, 0.15) is 0 Å². The smallest absolute Gasteiger partial charge is 0.247 e. The van der Waals surface area contributed by atoms with Crippen LogP contribution in [0.25, 0.3) is 11.5 Å². The first-order chi connectivity index (χ1) is 14.3. The Labute approximate surface area is 167 Å². The summed E-state index contributed by atoms with van der Waals surface area (Å²) in [5.41, 5.74) is 1.62. The van der Waals surface area contributed by atoms with Crippen LogP contribution in [0.3, 0.4) is 0 Å². The lowest BCUT2D eigenvalue weighted by molar-refractivity contribution is -0.115. The molecule has 0 atom stereocenters. The van der Waals surface area contributed by atoms with Gasteiger partial charge >= 0.3 is 0 Å². The van der Waals surface area contributed by atoms with E-state index in [1.165, 1.54) is 0 Å². The van der Waals surface area contributed by atoms with Crippen molar-refractivity contribution in [2.45, 2.75) is 25.7 Å². The number of nitrogens with zero attached hydrogens (tertiary/aromatic N) is 4. The van der Waals surface area contributed by atoms with Gasteiger partial charge in [0.2, 0.25) is 23.6 Å². The number of carbonyl (C=O) groups is 1. The summed E-state index contributed by atoms with van der Waals surface area (Å²) >= 11 is 0. The highest BCUT2D eigenvalue weighted by Gasteiger charge is 2.12. The Hall–Kier alpha value is -3.81. The van der Waals surface area contributed by atoms with Crippen LogP contribution < -0.4 is 5.32 Å². The molecular formula is C21H19N5O3. The topological polar surface area (TPSA) is 107 Å². The molecule has 0 saturated carbocycles. The summed E-state index contributed by atoms with van der Waals surface area (Å²) < 4.78 is 10.9. The minimum atomic E-state index is -0.192. The second-order valence-electron chi connectivity index (χ2n) is 6.42. The fraction of sp³-hybridized carbons (Fsp3) is 0.190. The Balaban J connectivity index is 1.25. The van der Waals surface area contributed by atoms with Gasteiger partial charge in [-0.2, -0.15) is 4.98 Å². The first kappa shape index (κ1) is 18.5. The standard InChI is InChI=1S/C21H19N5O3/c27-18(22-16-10-5-2-6-11-16)14-17-23-19(29-26-17)12-7-13-20-24-25-21(28-20)15-8-3-1-4-9-15/h1-6,8-11H,7,12-14H2,(H,22,27). The predicted octanol–water partition coefficient (Wildman–Crippen LogP) is 3.48. The Morgan fingerprint density at radius 1 is 0.897 bits per heavy atom. The summed E-state index contributed by atoms with van der Waals surface area (Å²) in [6.45, 7) is 0. The molecule has 0 spiro atoms. The highest BCUT2D eigenvalue weighted by atomic mass is 16.5. The van der Waals surface area contributed by atoms with Gasteiger partial charge in [-0.3, -0.25) is 4.79 Å². The van der Waals surface area contributed by atoms with Gasteiger partial charge in [-0.25, -0.2) is 0 Å². The van der Waals surface area contributed by atoms with Gasteiger partial charge in [0.15, 0.2) is 5.82 Å². The van der Waals surface area contributed by atoms with Gasteiger partial charge in [-0.1, -0.05) is 41.6 Å². The number of benzene rings is 2. The van der Waals surface area contributed by atoms with Crippen LogP contribution in [0.15, 0.2) is 69.6 Å². The zero-order valence-corrected chi connectivity index (χ0v) is 15.6. The number of amides is 1. The number of aromatic nitrogens is 4. The van der Waals surface area contributed by atoms with Crippen LogP contribution in [0.5, 0.6) is 0 Å². The lowest BCUT2D eigenvalue weighted by Crippen LogP contribution is -2.15. The van der Waals surface area contributed by atoms with Crippen molar-refractivity contribution in [2.24, 2.45) is 0 Å². The predicted molar refractivity (Wildman–Crippen MR) is 105 cm³/mol. The average molecular weight is 389 g/mol. The van der Waals surface area contributed by atoms with Gasteiger partial charge in [-0.15, -0.1) is 10.2 Å². The second-order valence-corrected chi connectivity index (χ2v) is 6.42. The lowest BCUT2D eigenvalue weighted by Gasteiger charge is -2.01. The van der Waals surface area contributed by atoms with E-state index in [2.05, 4.69) is 25.7 Å². The maximum absolute atomic E-state index is 12.0. The summed E-state index contributed by atoms with van der Waals surface area (Å²) in [7, 11) is 0. The number of anilines is 1. The number of hydrogen-bond acceptors (Lipinski definition) is 7. The molecule has 8 nitrogen and oxygen atoms in total. The number of carbonyl (C=O) groups excluding carboxylic acids is 1. The molecule has 4 rings (SSSR count). The maximum Gasteiger partial charge on any atom is 0.247 e.